The van der Waals surface area contributed by atoms with Gasteiger partial charge in [-0.25, -0.2) is 0 Å². The highest BCUT2D eigenvalue weighted by atomic mass is 79.9. The number of rotatable bonds is 5. The van der Waals surface area contributed by atoms with E-state index in [9.17, 15) is 14.9 Å². The molecular weight excluding hydrogens is 306 g/mol. The summed E-state index contributed by atoms with van der Waals surface area (Å²) in [6, 6.07) is 2.71. The molecule has 0 heterocycles. The Morgan fingerprint density at radius 1 is 1.50 bits per heavy atom. The predicted molar refractivity (Wildman–Crippen MR) is 67.1 cm³/mol. The number of hydrogen-bond acceptors (Lipinski definition) is 5. The first kappa shape index (κ1) is 14.6. The van der Waals surface area contributed by atoms with Crippen molar-refractivity contribution in [1.82, 2.24) is 0 Å². The predicted octanol–water partition coefficient (Wildman–Crippen LogP) is 1.96. The summed E-state index contributed by atoms with van der Waals surface area (Å²) >= 11 is 3.16. The summed E-state index contributed by atoms with van der Waals surface area (Å²) in [5.41, 5.74) is 0.530. The molecule has 0 aromatic heterocycles. The van der Waals surface area contributed by atoms with E-state index in [0.29, 0.717) is 10.0 Å². The molecule has 1 aromatic carbocycles. The minimum Gasteiger partial charge on any atom is -0.466 e. The molecule has 7 heteroatoms. The second kappa shape index (κ2) is 6.46. The average Bonchev–Trinajstić information content (AvgIpc) is 2.31. The van der Waals surface area contributed by atoms with Crippen molar-refractivity contribution in [2.45, 2.75) is 20.0 Å². The smallest absolute Gasteiger partial charge is 0.310 e. The van der Waals surface area contributed by atoms with Crippen molar-refractivity contribution in [2.24, 2.45) is 0 Å². The van der Waals surface area contributed by atoms with E-state index in [1.807, 2.05) is 0 Å². The van der Waals surface area contributed by atoms with Gasteiger partial charge in [-0.05, 0) is 18.6 Å². The molecule has 0 bridgehead atoms. The van der Waals surface area contributed by atoms with Gasteiger partial charge in [-0.1, -0.05) is 15.9 Å². The number of ether oxygens (including phenoxy) is 1. The summed E-state index contributed by atoms with van der Waals surface area (Å²) in [4.78, 5) is 21.5. The molecule has 0 radical (unpaired) electrons. The van der Waals surface area contributed by atoms with Gasteiger partial charge in [0.15, 0.2) is 0 Å². The van der Waals surface area contributed by atoms with E-state index in [1.54, 1.807) is 6.92 Å². The van der Waals surface area contributed by atoms with Gasteiger partial charge in [-0.3, -0.25) is 14.9 Å². The van der Waals surface area contributed by atoms with Crippen molar-refractivity contribution >= 4 is 27.6 Å². The van der Waals surface area contributed by atoms with Crippen molar-refractivity contribution in [1.29, 1.82) is 0 Å². The number of carbonyl (C=O) groups is 1. The molecule has 0 aliphatic carbocycles. The van der Waals surface area contributed by atoms with Crippen LogP contribution in [0.4, 0.5) is 5.69 Å². The number of carbonyl (C=O) groups excluding carboxylic acids is 1. The number of esters is 1. The van der Waals surface area contributed by atoms with Crippen molar-refractivity contribution in [2.75, 3.05) is 6.61 Å². The van der Waals surface area contributed by atoms with Gasteiger partial charge in [0, 0.05) is 10.5 Å². The van der Waals surface area contributed by atoms with E-state index in [1.165, 1.54) is 12.1 Å². The van der Waals surface area contributed by atoms with Crippen LogP contribution in [-0.4, -0.2) is 22.6 Å². The molecule has 0 fully saturated rings. The monoisotopic (exact) mass is 317 g/mol. The standard InChI is InChI=1S/C11H12BrNO5/c1-2-18-11(15)4-7-3-8(6-14)10(13(16)17)5-9(7)12/h3,5,14H,2,4,6H2,1H3. The lowest BCUT2D eigenvalue weighted by atomic mass is 10.1. The molecule has 0 amide bonds. The van der Waals surface area contributed by atoms with Gasteiger partial charge in [0.1, 0.15) is 0 Å². The van der Waals surface area contributed by atoms with E-state index >= 15 is 0 Å². The van der Waals surface area contributed by atoms with Gasteiger partial charge < -0.3 is 9.84 Å². The Balaban J connectivity index is 3.07. The first-order valence-corrected chi connectivity index (χ1v) is 6.01. The summed E-state index contributed by atoms with van der Waals surface area (Å²) in [5, 5.41) is 19.8. The zero-order valence-corrected chi connectivity index (χ0v) is 11.3. The highest BCUT2D eigenvalue weighted by molar-refractivity contribution is 9.10. The van der Waals surface area contributed by atoms with Crippen LogP contribution in [0, 0.1) is 10.1 Å². The second-order valence-corrected chi connectivity index (χ2v) is 4.32. The number of aliphatic hydroxyl groups is 1. The molecule has 0 spiro atoms. The molecule has 98 valence electrons. The van der Waals surface area contributed by atoms with E-state index in [-0.39, 0.29) is 24.3 Å². The molecule has 1 N–H and O–H groups in total. The van der Waals surface area contributed by atoms with Crippen LogP contribution in [0.15, 0.2) is 16.6 Å². The molecule has 0 aliphatic heterocycles. The maximum absolute atomic E-state index is 11.3. The Morgan fingerprint density at radius 3 is 2.67 bits per heavy atom. The van der Waals surface area contributed by atoms with Gasteiger partial charge in [0.25, 0.3) is 5.69 Å². The molecule has 6 nitrogen and oxygen atoms in total. The number of benzene rings is 1. The van der Waals surface area contributed by atoms with E-state index < -0.39 is 17.5 Å². The van der Waals surface area contributed by atoms with Crippen molar-refractivity contribution in [3.8, 4) is 0 Å². The molecular formula is C11H12BrNO5. The van der Waals surface area contributed by atoms with Crippen LogP contribution >= 0.6 is 15.9 Å². The van der Waals surface area contributed by atoms with Crippen LogP contribution in [-0.2, 0) is 22.6 Å². The number of hydrogen-bond donors (Lipinski definition) is 1. The molecule has 1 aromatic rings. The summed E-state index contributed by atoms with van der Waals surface area (Å²) in [6.45, 7) is 1.51. The summed E-state index contributed by atoms with van der Waals surface area (Å²) < 4.78 is 5.24. The molecule has 0 atom stereocenters. The zero-order chi connectivity index (χ0) is 13.7. The van der Waals surface area contributed by atoms with E-state index in [2.05, 4.69) is 15.9 Å². The van der Waals surface area contributed by atoms with Crippen molar-refractivity contribution < 1.29 is 19.6 Å². The summed E-state index contributed by atoms with van der Waals surface area (Å²) in [5.74, 6) is -0.420. The molecule has 1 rings (SSSR count). The average molecular weight is 318 g/mol. The van der Waals surface area contributed by atoms with Gasteiger partial charge in [0.05, 0.1) is 30.1 Å². The number of nitro benzene ring substituents is 1. The van der Waals surface area contributed by atoms with Crippen LogP contribution < -0.4 is 0 Å². The van der Waals surface area contributed by atoms with Crippen molar-refractivity contribution in [3.05, 3.63) is 37.8 Å². The normalized spacial score (nSPS) is 10.2. The third-order valence-corrected chi connectivity index (χ3v) is 2.99. The first-order valence-electron chi connectivity index (χ1n) is 5.21. The molecule has 0 unspecified atom stereocenters. The second-order valence-electron chi connectivity index (χ2n) is 3.47. The maximum atomic E-state index is 11.3. The minimum atomic E-state index is -0.579. The van der Waals surface area contributed by atoms with Crippen LogP contribution in [0.2, 0.25) is 0 Å². The topological polar surface area (TPSA) is 89.7 Å². The summed E-state index contributed by atoms with van der Waals surface area (Å²) in [7, 11) is 0. The van der Waals surface area contributed by atoms with Crippen LogP contribution in [0.1, 0.15) is 18.1 Å². The number of aliphatic hydroxyl groups excluding tert-OH is 1. The lowest BCUT2D eigenvalue weighted by Gasteiger charge is -2.07. The van der Waals surface area contributed by atoms with Gasteiger partial charge in [-0.2, -0.15) is 0 Å². The Kier molecular flexibility index (Phi) is 5.24. The minimum absolute atomic E-state index is 0.000578. The first-order chi connectivity index (χ1) is 8.49. The van der Waals surface area contributed by atoms with Crippen LogP contribution in [0.5, 0.6) is 0 Å². The third-order valence-electron chi connectivity index (χ3n) is 2.25. The highest BCUT2D eigenvalue weighted by Crippen LogP contribution is 2.28. The Hall–Kier alpha value is -1.47. The number of halogens is 1. The highest BCUT2D eigenvalue weighted by Gasteiger charge is 2.18. The summed E-state index contributed by atoms with van der Waals surface area (Å²) in [6.07, 6.45) is -0.000578. The Bertz CT molecular complexity index is 475. The van der Waals surface area contributed by atoms with Gasteiger partial charge in [-0.15, -0.1) is 0 Å². The molecule has 18 heavy (non-hydrogen) atoms. The van der Waals surface area contributed by atoms with E-state index in [0.717, 1.165) is 0 Å². The lowest BCUT2D eigenvalue weighted by molar-refractivity contribution is -0.385. The quantitative estimate of drug-likeness (QED) is 0.509. The SMILES string of the molecule is CCOC(=O)Cc1cc(CO)c([N+](=O)[O-])cc1Br. The fourth-order valence-electron chi connectivity index (χ4n) is 1.46. The number of nitro groups is 1. The lowest BCUT2D eigenvalue weighted by Crippen LogP contribution is -2.09. The van der Waals surface area contributed by atoms with E-state index in [4.69, 9.17) is 9.84 Å². The zero-order valence-electron chi connectivity index (χ0n) is 9.68. The fourth-order valence-corrected chi connectivity index (χ4v) is 1.93. The van der Waals surface area contributed by atoms with Crippen molar-refractivity contribution in [3.63, 3.8) is 0 Å². The molecule has 0 aliphatic rings. The Labute approximate surface area is 112 Å². The third kappa shape index (κ3) is 3.51. The number of nitrogens with zero attached hydrogens (tertiary/aromatic N) is 1. The van der Waals surface area contributed by atoms with Crippen LogP contribution in [0.3, 0.4) is 0 Å². The molecule has 0 saturated heterocycles. The van der Waals surface area contributed by atoms with Crippen LogP contribution in [0.25, 0.3) is 0 Å². The van der Waals surface area contributed by atoms with Gasteiger partial charge in [0.2, 0.25) is 0 Å². The largest absolute Gasteiger partial charge is 0.466 e. The molecule has 0 saturated carbocycles. The van der Waals surface area contributed by atoms with Gasteiger partial charge >= 0.3 is 5.97 Å². The fraction of sp³-hybridized carbons (Fsp3) is 0.364. The Morgan fingerprint density at radius 2 is 2.17 bits per heavy atom. The maximum Gasteiger partial charge on any atom is 0.310 e.